The Morgan fingerprint density at radius 2 is 2.00 bits per heavy atom. The summed E-state index contributed by atoms with van der Waals surface area (Å²) >= 11 is 0. The zero-order valence-corrected chi connectivity index (χ0v) is 13.6. The summed E-state index contributed by atoms with van der Waals surface area (Å²) in [7, 11) is -1.22. The summed E-state index contributed by atoms with van der Waals surface area (Å²) in [6.45, 7) is 6.33. The van der Waals surface area contributed by atoms with Gasteiger partial charge in [0.05, 0.1) is 23.7 Å². The monoisotopic (exact) mass is 306 g/mol. The van der Waals surface area contributed by atoms with Gasteiger partial charge in [0.1, 0.15) is 0 Å². The molecule has 1 unspecified atom stereocenters. The van der Waals surface area contributed by atoms with Crippen molar-refractivity contribution in [1.82, 2.24) is 9.80 Å². The van der Waals surface area contributed by atoms with E-state index >= 15 is 0 Å². The fourth-order valence-corrected chi connectivity index (χ4v) is 4.43. The predicted octanol–water partition coefficient (Wildman–Crippen LogP) is -0.275. The molecule has 1 amide bonds. The van der Waals surface area contributed by atoms with Gasteiger partial charge in [-0.25, -0.2) is 8.42 Å². The number of likely N-dealkylation sites (N-methyl/N-ethyl adjacent to an activating group) is 2. The summed E-state index contributed by atoms with van der Waals surface area (Å²) < 4.78 is 23.0. The third-order valence-electron chi connectivity index (χ3n) is 3.37. The van der Waals surface area contributed by atoms with Crippen LogP contribution in [0.1, 0.15) is 27.2 Å². The third-order valence-corrected chi connectivity index (χ3v) is 5.12. The maximum atomic E-state index is 12.3. The van der Waals surface area contributed by atoms with Gasteiger partial charge in [-0.15, -0.1) is 0 Å². The molecule has 1 fully saturated rings. The molecule has 118 valence electrons. The molecule has 1 aliphatic rings. The van der Waals surface area contributed by atoms with Crippen LogP contribution in [-0.4, -0.2) is 79.1 Å². The molecule has 0 aromatic rings. The van der Waals surface area contributed by atoms with E-state index in [4.69, 9.17) is 0 Å². The van der Waals surface area contributed by atoms with Crippen molar-refractivity contribution in [2.45, 2.75) is 38.8 Å². The zero-order chi connectivity index (χ0) is 15.6. The van der Waals surface area contributed by atoms with Crippen molar-refractivity contribution >= 4 is 15.7 Å². The van der Waals surface area contributed by atoms with Gasteiger partial charge in [-0.05, 0) is 34.2 Å². The highest BCUT2D eigenvalue weighted by Crippen LogP contribution is 2.18. The lowest BCUT2D eigenvalue weighted by Gasteiger charge is -2.30. The summed E-state index contributed by atoms with van der Waals surface area (Å²) in [6, 6.07) is -0.201. The summed E-state index contributed by atoms with van der Waals surface area (Å²) in [4.78, 5) is 15.7. The highest BCUT2D eigenvalue weighted by atomic mass is 32.2. The smallest absolute Gasteiger partial charge is 0.237 e. The van der Waals surface area contributed by atoms with E-state index in [0.717, 1.165) is 0 Å². The first-order valence-electron chi connectivity index (χ1n) is 6.95. The molecular weight excluding hydrogens is 280 g/mol. The van der Waals surface area contributed by atoms with Crippen LogP contribution in [0, 0.1) is 0 Å². The van der Waals surface area contributed by atoms with Crippen LogP contribution in [0.3, 0.4) is 0 Å². The minimum absolute atomic E-state index is 0.0712. The second-order valence-corrected chi connectivity index (χ2v) is 8.45. The molecule has 1 N–H and O–H groups in total. The number of amides is 1. The standard InChI is InChI=1S/C13H26N2O4S/c1-5-15(11-6-7-20(18,19)9-11)12(16)8-14(4)10-13(2,3)17/h11,17H,5-10H2,1-4H3. The second kappa shape index (κ2) is 6.41. The first-order valence-corrected chi connectivity index (χ1v) is 8.77. The van der Waals surface area contributed by atoms with Crippen molar-refractivity contribution in [1.29, 1.82) is 0 Å². The Hall–Kier alpha value is -0.660. The van der Waals surface area contributed by atoms with Gasteiger partial charge in [-0.2, -0.15) is 0 Å². The van der Waals surface area contributed by atoms with Crippen LogP contribution in [0.5, 0.6) is 0 Å². The Bertz CT molecular complexity index is 442. The van der Waals surface area contributed by atoms with Gasteiger partial charge in [0.25, 0.3) is 0 Å². The number of hydrogen-bond acceptors (Lipinski definition) is 5. The van der Waals surface area contributed by atoms with E-state index < -0.39 is 15.4 Å². The molecule has 20 heavy (non-hydrogen) atoms. The fourth-order valence-electron chi connectivity index (χ4n) is 2.70. The van der Waals surface area contributed by atoms with Crippen LogP contribution in [-0.2, 0) is 14.6 Å². The van der Waals surface area contributed by atoms with E-state index in [1.54, 1.807) is 30.7 Å². The molecule has 0 spiro atoms. The minimum atomic E-state index is -2.99. The minimum Gasteiger partial charge on any atom is -0.389 e. The molecule has 0 aromatic carbocycles. The molecule has 1 atom stereocenters. The van der Waals surface area contributed by atoms with Gasteiger partial charge in [0.15, 0.2) is 9.84 Å². The Kier molecular flexibility index (Phi) is 5.57. The Labute approximate surface area is 121 Å². The summed E-state index contributed by atoms with van der Waals surface area (Å²) in [6.07, 6.45) is 0.525. The number of nitrogens with zero attached hydrogens (tertiary/aromatic N) is 2. The maximum absolute atomic E-state index is 12.3. The van der Waals surface area contributed by atoms with Crippen LogP contribution >= 0.6 is 0 Å². The SMILES string of the molecule is CCN(C(=O)CN(C)CC(C)(C)O)C1CCS(=O)(=O)C1. The summed E-state index contributed by atoms with van der Waals surface area (Å²) in [5, 5.41) is 9.73. The lowest BCUT2D eigenvalue weighted by Crippen LogP contribution is -2.47. The lowest BCUT2D eigenvalue weighted by molar-refractivity contribution is -0.134. The van der Waals surface area contributed by atoms with E-state index in [0.29, 0.717) is 19.5 Å². The average molecular weight is 306 g/mol. The molecule has 0 radical (unpaired) electrons. The molecule has 0 bridgehead atoms. The van der Waals surface area contributed by atoms with Gasteiger partial charge in [-0.3, -0.25) is 9.69 Å². The molecule has 1 saturated heterocycles. The van der Waals surface area contributed by atoms with E-state index in [1.807, 2.05) is 6.92 Å². The summed E-state index contributed by atoms with van der Waals surface area (Å²) in [5.41, 5.74) is -0.858. The predicted molar refractivity (Wildman–Crippen MR) is 78.2 cm³/mol. The number of rotatable bonds is 6. The Morgan fingerprint density at radius 3 is 2.40 bits per heavy atom. The lowest BCUT2D eigenvalue weighted by atomic mass is 10.1. The van der Waals surface area contributed by atoms with Crippen molar-refractivity contribution in [3.63, 3.8) is 0 Å². The largest absolute Gasteiger partial charge is 0.389 e. The maximum Gasteiger partial charge on any atom is 0.237 e. The molecule has 0 aromatic heterocycles. The second-order valence-electron chi connectivity index (χ2n) is 6.22. The van der Waals surface area contributed by atoms with Gasteiger partial charge in [0, 0.05) is 19.1 Å². The normalized spacial score (nSPS) is 22.2. The molecule has 0 aliphatic carbocycles. The molecule has 0 saturated carbocycles. The molecule has 6 nitrogen and oxygen atoms in total. The van der Waals surface area contributed by atoms with Crippen LogP contribution in [0.4, 0.5) is 0 Å². The van der Waals surface area contributed by atoms with Crippen LogP contribution in [0.25, 0.3) is 0 Å². The molecule has 1 aliphatic heterocycles. The molecule has 7 heteroatoms. The van der Waals surface area contributed by atoms with Gasteiger partial charge >= 0.3 is 0 Å². The highest BCUT2D eigenvalue weighted by molar-refractivity contribution is 7.91. The number of hydrogen-bond donors (Lipinski definition) is 1. The van der Waals surface area contributed by atoms with Crippen molar-refractivity contribution in [2.24, 2.45) is 0 Å². The van der Waals surface area contributed by atoms with Crippen LogP contribution < -0.4 is 0 Å². The number of carbonyl (C=O) groups is 1. The first kappa shape index (κ1) is 17.4. The van der Waals surface area contributed by atoms with Gasteiger partial charge in [0.2, 0.25) is 5.91 Å². The van der Waals surface area contributed by atoms with Gasteiger partial charge < -0.3 is 10.0 Å². The van der Waals surface area contributed by atoms with Crippen LogP contribution in [0.2, 0.25) is 0 Å². The topological polar surface area (TPSA) is 77.9 Å². The Morgan fingerprint density at radius 1 is 1.40 bits per heavy atom. The van der Waals surface area contributed by atoms with Crippen LogP contribution in [0.15, 0.2) is 0 Å². The highest BCUT2D eigenvalue weighted by Gasteiger charge is 2.34. The quantitative estimate of drug-likeness (QED) is 0.730. The molecule has 1 rings (SSSR count). The Balaban J connectivity index is 2.60. The number of carbonyl (C=O) groups excluding carboxylic acids is 1. The zero-order valence-electron chi connectivity index (χ0n) is 12.8. The van der Waals surface area contributed by atoms with Crippen molar-refractivity contribution < 1.29 is 18.3 Å². The summed E-state index contributed by atoms with van der Waals surface area (Å²) in [5.74, 6) is 0.157. The molecular formula is C13H26N2O4S. The van der Waals surface area contributed by atoms with Crippen molar-refractivity contribution in [2.75, 3.05) is 38.2 Å². The third kappa shape index (κ3) is 5.38. The van der Waals surface area contributed by atoms with Crippen molar-refractivity contribution in [3.8, 4) is 0 Å². The van der Waals surface area contributed by atoms with E-state index in [1.165, 1.54) is 0 Å². The van der Waals surface area contributed by atoms with E-state index in [2.05, 4.69) is 0 Å². The number of aliphatic hydroxyl groups is 1. The van der Waals surface area contributed by atoms with E-state index in [-0.39, 0.29) is 30.0 Å². The van der Waals surface area contributed by atoms with Crippen molar-refractivity contribution in [3.05, 3.63) is 0 Å². The molecule has 1 heterocycles. The fraction of sp³-hybridized carbons (Fsp3) is 0.923. The number of sulfone groups is 1. The van der Waals surface area contributed by atoms with Gasteiger partial charge in [-0.1, -0.05) is 0 Å². The van der Waals surface area contributed by atoms with E-state index in [9.17, 15) is 18.3 Å². The average Bonchev–Trinajstić information content (AvgIpc) is 2.56. The first-order chi connectivity index (χ1) is 9.04.